The summed E-state index contributed by atoms with van der Waals surface area (Å²) in [7, 11) is 4.72. The first-order chi connectivity index (χ1) is 17.6. The van der Waals surface area contributed by atoms with Gasteiger partial charge in [0.2, 0.25) is 0 Å². The summed E-state index contributed by atoms with van der Waals surface area (Å²) >= 11 is 0. The van der Waals surface area contributed by atoms with E-state index >= 15 is 0 Å². The maximum Gasteiger partial charge on any atom is 0.338 e. The number of likely N-dealkylation sites (N-methyl/N-ethyl adjacent to an activating group) is 1. The van der Waals surface area contributed by atoms with E-state index in [1.165, 1.54) is 12.0 Å². The Balaban J connectivity index is 1.95. The van der Waals surface area contributed by atoms with Crippen molar-refractivity contribution in [3.63, 3.8) is 0 Å². The number of carbonyl (C=O) groups excluding carboxylic acids is 3. The molecule has 0 saturated carbocycles. The molecular formula is C26H39N5O6. The van der Waals surface area contributed by atoms with Gasteiger partial charge in [-0.15, -0.1) is 0 Å². The molecule has 2 N–H and O–H groups in total. The Morgan fingerprint density at radius 1 is 1.16 bits per heavy atom. The molecule has 0 bridgehead atoms. The van der Waals surface area contributed by atoms with Gasteiger partial charge in [-0.3, -0.25) is 9.80 Å². The van der Waals surface area contributed by atoms with Crippen LogP contribution in [0.5, 0.6) is 11.5 Å². The van der Waals surface area contributed by atoms with Crippen LogP contribution in [-0.4, -0.2) is 98.9 Å². The summed E-state index contributed by atoms with van der Waals surface area (Å²) in [6.07, 6.45) is 0. The van der Waals surface area contributed by atoms with Gasteiger partial charge in [-0.2, -0.15) is 0 Å². The zero-order chi connectivity index (χ0) is 27.3. The van der Waals surface area contributed by atoms with Gasteiger partial charge in [-0.25, -0.2) is 14.4 Å². The van der Waals surface area contributed by atoms with Crippen LogP contribution >= 0.6 is 0 Å². The van der Waals surface area contributed by atoms with Crippen molar-refractivity contribution in [2.24, 2.45) is 0 Å². The minimum absolute atomic E-state index is 0.0384. The molecule has 204 valence electrons. The van der Waals surface area contributed by atoms with E-state index in [0.29, 0.717) is 54.5 Å². The molecule has 0 aliphatic carbocycles. The van der Waals surface area contributed by atoms with Gasteiger partial charge < -0.3 is 29.7 Å². The third-order valence-electron chi connectivity index (χ3n) is 6.57. The lowest BCUT2D eigenvalue weighted by Crippen LogP contribution is -2.58. The molecule has 3 rings (SSSR count). The molecule has 37 heavy (non-hydrogen) atoms. The molecule has 1 aromatic rings. The van der Waals surface area contributed by atoms with Crippen LogP contribution < -0.4 is 20.1 Å². The lowest BCUT2D eigenvalue weighted by molar-refractivity contribution is -0.139. The molecule has 2 unspecified atom stereocenters. The fraction of sp³-hybridized carbons (Fsp3) is 0.577. The fourth-order valence-corrected chi connectivity index (χ4v) is 4.70. The lowest BCUT2D eigenvalue weighted by atomic mass is 9.93. The van der Waals surface area contributed by atoms with E-state index < -0.39 is 12.0 Å². The Morgan fingerprint density at radius 2 is 1.86 bits per heavy atom. The third-order valence-corrected chi connectivity index (χ3v) is 6.57. The van der Waals surface area contributed by atoms with Crippen LogP contribution in [0.15, 0.2) is 29.5 Å². The third kappa shape index (κ3) is 6.27. The predicted octanol–water partition coefficient (Wildman–Crippen LogP) is 2.34. The molecule has 2 atom stereocenters. The average molecular weight is 518 g/mol. The van der Waals surface area contributed by atoms with Crippen molar-refractivity contribution in [1.29, 1.82) is 0 Å². The summed E-state index contributed by atoms with van der Waals surface area (Å²) in [4.78, 5) is 44.3. The number of piperazine rings is 1. The van der Waals surface area contributed by atoms with Crippen LogP contribution in [-0.2, 0) is 9.53 Å². The first-order valence-corrected chi connectivity index (χ1v) is 12.6. The van der Waals surface area contributed by atoms with E-state index in [1.807, 2.05) is 25.7 Å². The van der Waals surface area contributed by atoms with Crippen LogP contribution in [0.2, 0.25) is 0 Å². The first-order valence-electron chi connectivity index (χ1n) is 12.6. The van der Waals surface area contributed by atoms with Gasteiger partial charge in [0.05, 0.1) is 32.4 Å². The standard InChI is InChI=1S/C26H39N5O6/c1-8-37-24(32)22-19(15-30-11-12-31(17(4)14-30)26(34)27-16(2)3)29(5)25(33)28-23(22)18-9-10-20(35-6)21(13-18)36-7/h9-10,13,16-17,23H,8,11-12,14-15H2,1-7H3,(H,27,34)(H,28,33). The number of carbonyl (C=O) groups is 3. The van der Waals surface area contributed by atoms with E-state index in [0.717, 1.165) is 0 Å². The van der Waals surface area contributed by atoms with E-state index in [-0.39, 0.29) is 30.8 Å². The second-order valence-electron chi connectivity index (χ2n) is 9.52. The number of amides is 4. The lowest BCUT2D eigenvalue weighted by Gasteiger charge is -2.42. The van der Waals surface area contributed by atoms with E-state index in [9.17, 15) is 14.4 Å². The maximum atomic E-state index is 13.3. The Morgan fingerprint density at radius 3 is 2.46 bits per heavy atom. The van der Waals surface area contributed by atoms with Gasteiger partial charge in [0.25, 0.3) is 0 Å². The molecule has 2 aliphatic rings. The number of hydrogen-bond acceptors (Lipinski definition) is 7. The number of benzene rings is 1. The van der Waals surface area contributed by atoms with Gasteiger partial charge in [0.1, 0.15) is 0 Å². The van der Waals surface area contributed by atoms with Crippen molar-refractivity contribution in [3.8, 4) is 11.5 Å². The van der Waals surface area contributed by atoms with Gasteiger partial charge in [-0.1, -0.05) is 6.07 Å². The second-order valence-corrected chi connectivity index (χ2v) is 9.52. The molecular weight excluding hydrogens is 478 g/mol. The van der Waals surface area contributed by atoms with Crippen molar-refractivity contribution in [2.45, 2.75) is 45.8 Å². The normalized spacial score (nSPS) is 20.6. The SMILES string of the molecule is CCOC(=O)C1=C(CN2CCN(C(=O)NC(C)C)C(C)C2)N(C)C(=O)NC1c1ccc(OC)c(OC)c1. The molecule has 1 saturated heterocycles. The zero-order valence-electron chi connectivity index (χ0n) is 22.8. The number of esters is 1. The predicted molar refractivity (Wildman–Crippen MR) is 139 cm³/mol. The molecule has 1 aromatic carbocycles. The number of urea groups is 2. The smallest absolute Gasteiger partial charge is 0.338 e. The molecule has 0 spiro atoms. The fourth-order valence-electron chi connectivity index (χ4n) is 4.70. The molecule has 11 heteroatoms. The Labute approximate surface area is 218 Å². The number of ether oxygens (including phenoxy) is 3. The highest BCUT2D eigenvalue weighted by atomic mass is 16.5. The number of nitrogens with one attached hydrogen (secondary N) is 2. The number of rotatable bonds is 8. The van der Waals surface area contributed by atoms with Gasteiger partial charge in [0.15, 0.2) is 11.5 Å². The Hall–Kier alpha value is -3.47. The summed E-state index contributed by atoms with van der Waals surface area (Å²) in [5.41, 5.74) is 1.60. The minimum atomic E-state index is -0.729. The van der Waals surface area contributed by atoms with E-state index in [1.54, 1.807) is 39.3 Å². The highest BCUT2D eigenvalue weighted by Crippen LogP contribution is 2.36. The van der Waals surface area contributed by atoms with Crippen LogP contribution in [0.1, 0.15) is 39.3 Å². The van der Waals surface area contributed by atoms with E-state index in [4.69, 9.17) is 14.2 Å². The van der Waals surface area contributed by atoms with Crippen molar-refractivity contribution < 1.29 is 28.6 Å². The number of nitrogens with zero attached hydrogens (tertiary/aromatic N) is 3. The van der Waals surface area contributed by atoms with E-state index in [2.05, 4.69) is 15.5 Å². The number of hydrogen-bond donors (Lipinski definition) is 2. The molecule has 0 aromatic heterocycles. The average Bonchev–Trinajstić information content (AvgIpc) is 2.85. The summed E-state index contributed by atoms with van der Waals surface area (Å²) in [5, 5.41) is 5.88. The number of methoxy groups -OCH3 is 2. The van der Waals surface area contributed by atoms with Crippen LogP contribution in [0.25, 0.3) is 0 Å². The summed E-state index contributed by atoms with van der Waals surface area (Å²) in [6, 6.07) is 4.16. The summed E-state index contributed by atoms with van der Waals surface area (Å²) in [6.45, 7) is 9.90. The maximum absolute atomic E-state index is 13.3. The second kappa shape index (κ2) is 12.2. The Kier molecular flexibility index (Phi) is 9.25. The minimum Gasteiger partial charge on any atom is -0.493 e. The molecule has 2 aliphatic heterocycles. The summed E-state index contributed by atoms with van der Waals surface area (Å²) < 4.78 is 16.2. The summed E-state index contributed by atoms with van der Waals surface area (Å²) in [5.74, 6) is 0.537. The Bertz CT molecular complexity index is 1040. The van der Waals surface area contributed by atoms with Crippen LogP contribution in [0.3, 0.4) is 0 Å². The molecule has 4 amide bonds. The van der Waals surface area contributed by atoms with Crippen molar-refractivity contribution in [1.82, 2.24) is 25.3 Å². The highest BCUT2D eigenvalue weighted by molar-refractivity contribution is 5.95. The largest absolute Gasteiger partial charge is 0.493 e. The molecule has 0 radical (unpaired) electrons. The first kappa shape index (κ1) is 28.1. The van der Waals surface area contributed by atoms with Gasteiger partial charge in [0, 0.05) is 51.0 Å². The van der Waals surface area contributed by atoms with Crippen molar-refractivity contribution >= 4 is 18.0 Å². The monoisotopic (exact) mass is 517 g/mol. The van der Waals surface area contributed by atoms with Crippen molar-refractivity contribution in [2.75, 3.05) is 54.1 Å². The molecule has 11 nitrogen and oxygen atoms in total. The van der Waals surface area contributed by atoms with Crippen LogP contribution in [0, 0.1) is 0 Å². The topological polar surface area (TPSA) is 113 Å². The quantitative estimate of drug-likeness (QED) is 0.509. The molecule has 1 fully saturated rings. The molecule has 2 heterocycles. The van der Waals surface area contributed by atoms with Crippen molar-refractivity contribution in [3.05, 3.63) is 35.0 Å². The highest BCUT2D eigenvalue weighted by Gasteiger charge is 2.38. The zero-order valence-corrected chi connectivity index (χ0v) is 22.8. The van der Waals surface area contributed by atoms with Gasteiger partial charge in [-0.05, 0) is 45.4 Å². The van der Waals surface area contributed by atoms with Gasteiger partial charge >= 0.3 is 18.0 Å². The van der Waals surface area contributed by atoms with Crippen LogP contribution in [0.4, 0.5) is 9.59 Å².